The van der Waals surface area contributed by atoms with Crippen LogP contribution in [0.15, 0.2) is 54.9 Å². The molecular formula is C23H23N5O6. The number of aromatic nitrogens is 4. The van der Waals surface area contributed by atoms with Crippen molar-refractivity contribution < 1.29 is 23.9 Å². The molecule has 11 heteroatoms. The summed E-state index contributed by atoms with van der Waals surface area (Å²) in [5, 5.41) is 19.9. The predicted molar refractivity (Wildman–Crippen MR) is 124 cm³/mol. The maximum Gasteiger partial charge on any atom is 0.307 e. The molecule has 4 aromatic rings. The summed E-state index contributed by atoms with van der Waals surface area (Å²) in [6.07, 6.45) is 2.56. The van der Waals surface area contributed by atoms with E-state index in [9.17, 15) is 10.1 Å². The molecule has 0 saturated heterocycles. The lowest BCUT2D eigenvalue weighted by Crippen LogP contribution is -2.11. The molecule has 11 nitrogen and oxygen atoms in total. The molecule has 0 radical (unpaired) electrons. The molecule has 0 spiro atoms. The summed E-state index contributed by atoms with van der Waals surface area (Å²) in [5.41, 5.74) is 2.96. The summed E-state index contributed by atoms with van der Waals surface area (Å²) in [7, 11) is 6.28. The Kier molecular flexibility index (Phi) is 6.35. The fourth-order valence-corrected chi connectivity index (χ4v) is 3.55. The van der Waals surface area contributed by atoms with Gasteiger partial charge in [0, 0.05) is 11.1 Å². The number of hydrogen-bond acceptors (Lipinski definition) is 8. The average Bonchev–Trinajstić information content (AvgIpc) is 3.51. The van der Waals surface area contributed by atoms with Gasteiger partial charge < -0.3 is 18.9 Å². The first kappa shape index (κ1) is 22.6. The predicted octanol–water partition coefficient (Wildman–Crippen LogP) is 3.86. The van der Waals surface area contributed by atoms with Crippen molar-refractivity contribution in [3.63, 3.8) is 0 Å². The summed E-state index contributed by atoms with van der Waals surface area (Å²) in [6.45, 7) is 0.158. The number of hydrogen-bond donors (Lipinski definition) is 0. The summed E-state index contributed by atoms with van der Waals surface area (Å²) in [5.74, 6) is 2.34. The zero-order chi connectivity index (χ0) is 24.2. The van der Waals surface area contributed by atoms with Crippen LogP contribution in [0.25, 0.3) is 22.5 Å². The third-order valence-electron chi connectivity index (χ3n) is 5.25. The third-order valence-corrected chi connectivity index (χ3v) is 5.25. The number of ether oxygens (including phenoxy) is 4. The molecule has 2 aromatic carbocycles. The number of benzene rings is 2. The fraction of sp³-hybridized carbons (Fsp3) is 0.217. The van der Waals surface area contributed by atoms with Crippen LogP contribution in [0.1, 0.15) is 0 Å². The first-order valence-corrected chi connectivity index (χ1v) is 10.2. The molecule has 2 heterocycles. The zero-order valence-corrected chi connectivity index (χ0v) is 19.1. The summed E-state index contributed by atoms with van der Waals surface area (Å²) < 4.78 is 24.7. The van der Waals surface area contributed by atoms with E-state index in [-0.39, 0.29) is 12.4 Å². The highest BCUT2D eigenvalue weighted by Crippen LogP contribution is 2.36. The SMILES string of the molecule is COc1ccc(-c2cc(-c3ccc(OC)c(OC)c3)n(Cn3cc([N+](=O)[O-])cn3)n2)cc1OC. The minimum Gasteiger partial charge on any atom is -0.493 e. The maximum absolute atomic E-state index is 11.1. The monoisotopic (exact) mass is 465 g/mol. The second-order valence-corrected chi connectivity index (χ2v) is 7.19. The Labute approximate surface area is 195 Å². The highest BCUT2D eigenvalue weighted by Gasteiger charge is 2.17. The molecule has 34 heavy (non-hydrogen) atoms. The van der Waals surface area contributed by atoms with E-state index >= 15 is 0 Å². The molecule has 0 unspecified atom stereocenters. The zero-order valence-electron chi connectivity index (χ0n) is 19.1. The summed E-state index contributed by atoms with van der Waals surface area (Å²) in [4.78, 5) is 10.6. The van der Waals surface area contributed by atoms with Gasteiger partial charge in [-0.15, -0.1) is 0 Å². The lowest BCUT2D eigenvalue weighted by molar-refractivity contribution is -0.385. The molecule has 0 aliphatic heterocycles. The summed E-state index contributed by atoms with van der Waals surface area (Å²) in [6, 6.07) is 13.0. The van der Waals surface area contributed by atoms with Crippen molar-refractivity contribution in [3.8, 4) is 45.5 Å². The first-order chi connectivity index (χ1) is 16.5. The van der Waals surface area contributed by atoms with Gasteiger partial charge in [0.15, 0.2) is 23.0 Å². The van der Waals surface area contributed by atoms with Crippen LogP contribution in [0.2, 0.25) is 0 Å². The minimum atomic E-state index is -0.489. The molecule has 0 atom stereocenters. The van der Waals surface area contributed by atoms with Crippen LogP contribution in [-0.2, 0) is 6.67 Å². The molecule has 4 rings (SSSR count). The summed E-state index contributed by atoms with van der Waals surface area (Å²) >= 11 is 0. The van der Waals surface area contributed by atoms with Crippen LogP contribution in [-0.4, -0.2) is 52.9 Å². The number of nitro groups is 1. The van der Waals surface area contributed by atoms with Crippen LogP contribution in [0.3, 0.4) is 0 Å². The van der Waals surface area contributed by atoms with E-state index in [1.54, 1.807) is 45.3 Å². The standard InChI is InChI=1S/C23H23N5O6/c1-31-20-7-5-15(9-22(20)33-3)18-11-19(16-6-8-21(32-2)23(10-16)34-4)27(25-18)14-26-13-17(12-24-26)28(29)30/h5-13H,14H2,1-4H3. The van der Waals surface area contributed by atoms with Gasteiger partial charge >= 0.3 is 5.69 Å². The first-order valence-electron chi connectivity index (χ1n) is 10.2. The lowest BCUT2D eigenvalue weighted by Gasteiger charge is -2.11. The van der Waals surface area contributed by atoms with Crippen molar-refractivity contribution in [1.82, 2.24) is 19.6 Å². The Hall–Kier alpha value is -4.54. The van der Waals surface area contributed by atoms with Crippen LogP contribution in [0.5, 0.6) is 23.0 Å². The molecule has 0 N–H and O–H groups in total. The largest absolute Gasteiger partial charge is 0.493 e. The Bertz CT molecular complexity index is 1330. The van der Waals surface area contributed by atoms with Gasteiger partial charge in [-0.05, 0) is 42.5 Å². The quantitative estimate of drug-likeness (QED) is 0.270. The molecule has 0 bridgehead atoms. The molecule has 0 amide bonds. The number of nitrogens with zero attached hydrogens (tertiary/aromatic N) is 5. The Morgan fingerprint density at radius 3 is 2.00 bits per heavy atom. The Balaban J connectivity index is 1.81. The fourth-order valence-electron chi connectivity index (χ4n) is 3.55. The van der Waals surface area contributed by atoms with E-state index < -0.39 is 4.92 Å². The second kappa shape index (κ2) is 9.53. The van der Waals surface area contributed by atoms with Crippen molar-refractivity contribution in [2.24, 2.45) is 0 Å². The molecule has 176 valence electrons. The highest BCUT2D eigenvalue weighted by atomic mass is 16.6. The van der Waals surface area contributed by atoms with Crippen molar-refractivity contribution in [2.75, 3.05) is 28.4 Å². The van der Waals surface area contributed by atoms with E-state index in [0.717, 1.165) is 16.8 Å². The molecule has 0 aliphatic carbocycles. The Morgan fingerprint density at radius 1 is 0.853 bits per heavy atom. The van der Waals surface area contributed by atoms with Gasteiger partial charge in [0.05, 0.1) is 44.8 Å². The van der Waals surface area contributed by atoms with Crippen LogP contribution >= 0.6 is 0 Å². The lowest BCUT2D eigenvalue weighted by atomic mass is 10.1. The maximum atomic E-state index is 11.1. The van der Waals surface area contributed by atoms with Gasteiger partial charge in [-0.1, -0.05) is 0 Å². The second-order valence-electron chi connectivity index (χ2n) is 7.19. The van der Waals surface area contributed by atoms with Crippen LogP contribution < -0.4 is 18.9 Å². The van der Waals surface area contributed by atoms with Gasteiger partial charge in [-0.2, -0.15) is 10.2 Å². The van der Waals surface area contributed by atoms with Crippen molar-refractivity contribution in [3.05, 3.63) is 65.0 Å². The van der Waals surface area contributed by atoms with Gasteiger partial charge in [0.1, 0.15) is 19.1 Å². The third kappa shape index (κ3) is 4.35. The van der Waals surface area contributed by atoms with E-state index in [4.69, 9.17) is 24.0 Å². The minimum absolute atomic E-state index is 0.0973. The average molecular weight is 465 g/mol. The van der Waals surface area contributed by atoms with Gasteiger partial charge in [-0.3, -0.25) is 10.1 Å². The highest BCUT2D eigenvalue weighted by molar-refractivity contribution is 5.72. The molecule has 0 aliphatic rings. The molecule has 0 fully saturated rings. The molecule has 2 aromatic heterocycles. The number of methoxy groups -OCH3 is 4. The van der Waals surface area contributed by atoms with E-state index in [1.807, 2.05) is 30.3 Å². The van der Waals surface area contributed by atoms with Crippen LogP contribution in [0, 0.1) is 10.1 Å². The molecule has 0 saturated carbocycles. The topological polar surface area (TPSA) is 116 Å². The van der Waals surface area contributed by atoms with Crippen LogP contribution in [0.4, 0.5) is 5.69 Å². The van der Waals surface area contributed by atoms with E-state index in [2.05, 4.69) is 5.10 Å². The van der Waals surface area contributed by atoms with Gasteiger partial charge in [0.2, 0.25) is 0 Å². The van der Waals surface area contributed by atoms with E-state index in [1.165, 1.54) is 17.1 Å². The van der Waals surface area contributed by atoms with Crippen molar-refractivity contribution in [2.45, 2.75) is 6.67 Å². The Morgan fingerprint density at radius 2 is 1.44 bits per heavy atom. The smallest absolute Gasteiger partial charge is 0.307 e. The van der Waals surface area contributed by atoms with Crippen molar-refractivity contribution >= 4 is 5.69 Å². The van der Waals surface area contributed by atoms with Gasteiger partial charge in [0.25, 0.3) is 0 Å². The normalized spacial score (nSPS) is 10.7. The molecular weight excluding hydrogens is 442 g/mol. The van der Waals surface area contributed by atoms with E-state index in [0.29, 0.717) is 28.7 Å². The van der Waals surface area contributed by atoms with Gasteiger partial charge in [-0.25, -0.2) is 9.36 Å². The van der Waals surface area contributed by atoms with Crippen molar-refractivity contribution in [1.29, 1.82) is 0 Å². The number of rotatable bonds is 9.